The van der Waals surface area contributed by atoms with Crippen molar-refractivity contribution in [2.24, 2.45) is 0 Å². The third kappa shape index (κ3) is 4.47. The van der Waals surface area contributed by atoms with E-state index in [0.717, 1.165) is 12.0 Å². The van der Waals surface area contributed by atoms with Gasteiger partial charge in [0.25, 0.3) is 0 Å². The Hall–Kier alpha value is -2.70. The molecule has 1 saturated heterocycles. The quantitative estimate of drug-likeness (QED) is 0.791. The van der Waals surface area contributed by atoms with Crippen molar-refractivity contribution in [3.8, 4) is 0 Å². The van der Waals surface area contributed by atoms with Crippen LogP contribution in [0.15, 0.2) is 43.0 Å². The second-order valence-electron chi connectivity index (χ2n) is 6.61. The molecule has 1 fully saturated rings. The van der Waals surface area contributed by atoms with Gasteiger partial charge in [-0.2, -0.15) is 0 Å². The van der Waals surface area contributed by atoms with E-state index in [1.54, 1.807) is 17.2 Å². The molecule has 1 aromatic heterocycles. The lowest BCUT2D eigenvalue weighted by molar-refractivity contribution is -0.133. The number of aromatic nitrogens is 3. The van der Waals surface area contributed by atoms with Gasteiger partial charge in [-0.3, -0.25) is 9.59 Å². The van der Waals surface area contributed by atoms with Gasteiger partial charge in [-0.05, 0) is 12.0 Å². The summed E-state index contributed by atoms with van der Waals surface area (Å²) in [6, 6.07) is 10.1. The number of hydrogen-bond acceptors (Lipinski definition) is 4. The Balaban J connectivity index is 1.64. The Morgan fingerprint density at radius 3 is 2.62 bits per heavy atom. The normalized spacial score (nSPS) is 18.0. The van der Waals surface area contributed by atoms with E-state index in [1.807, 2.05) is 40.1 Å². The number of hydrogen-bond donors (Lipinski definition) is 0. The van der Waals surface area contributed by atoms with Crippen molar-refractivity contribution in [3.63, 3.8) is 0 Å². The van der Waals surface area contributed by atoms with E-state index in [-0.39, 0.29) is 17.9 Å². The summed E-state index contributed by atoms with van der Waals surface area (Å²) in [6.45, 7) is 4.31. The summed E-state index contributed by atoms with van der Waals surface area (Å²) in [7, 11) is 0. The zero-order valence-corrected chi connectivity index (χ0v) is 15.1. The van der Waals surface area contributed by atoms with Crippen LogP contribution in [0.3, 0.4) is 0 Å². The van der Waals surface area contributed by atoms with E-state index in [1.165, 1.54) is 0 Å². The van der Waals surface area contributed by atoms with Gasteiger partial charge in [0.05, 0.1) is 0 Å². The highest BCUT2D eigenvalue weighted by Crippen LogP contribution is 2.18. The lowest BCUT2D eigenvalue weighted by Gasteiger charge is -2.31. The maximum atomic E-state index is 12.7. The molecule has 26 heavy (non-hydrogen) atoms. The van der Waals surface area contributed by atoms with Crippen molar-refractivity contribution in [1.82, 2.24) is 24.6 Å². The largest absolute Gasteiger partial charge is 0.340 e. The second-order valence-corrected chi connectivity index (χ2v) is 6.61. The first-order chi connectivity index (χ1) is 12.7. The average molecular weight is 355 g/mol. The number of amides is 2. The molecule has 1 aliphatic heterocycles. The molecule has 2 heterocycles. The summed E-state index contributed by atoms with van der Waals surface area (Å²) in [5.74, 6) is 0.196. The van der Waals surface area contributed by atoms with Crippen LogP contribution in [0.5, 0.6) is 0 Å². The van der Waals surface area contributed by atoms with E-state index < -0.39 is 0 Å². The summed E-state index contributed by atoms with van der Waals surface area (Å²) in [6.07, 6.45) is 4.81. The molecule has 138 valence electrons. The fraction of sp³-hybridized carbons (Fsp3) is 0.474. The van der Waals surface area contributed by atoms with Crippen molar-refractivity contribution >= 4 is 11.8 Å². The Labute approximate surface area is 153 Å². The van der Waals surface area contributed by atoms with Gasteiger partial charge >= 0.3 is 0 Å². The van der Waals surface area contributed by atoms with Gasteiger partial charge in [0.15, 0.2) is 0 Å². The van der Waals surface area contributed by atoms with Crippen LogP contribution in [0.4, 0.5) is 0 Å². The summed E-state index contributed by atoms with van der Waals surface area (Å²) >= 11 is 0. The number of carbonyl (C=O) groups is 2. The van der Waals surface area contributed by atoms with Crippen LogP contribution in [0.25, 0.3) is 0 Å². The lowest BCUT2D eigenvalue weighted by atomic mass is 10.1. The van der Waals surface area contributed by atoms with Gasteiger partial charge in [0.1, 0.15) is 12.7 Å². The molecule has 1 atom stereocenters. The molecule has 0 radical (unpaired) electrons. The Morgan fingerprint density at radius 1 is 1.19 bits per heavy atom. The average Bonchev–Trinajstić information content (AvgIpc) is 3.13. The molecule has 0 bridgehead atoms. The highest BCUT2D eigenvalue weighted by molar-refractivity contribution is 5.80. The maximum absolute atomic E-state index is 12.7. The van der Waals surface area contributed by atoms with E-state index in [0.29, 0.717) is 39.0 Å². The van der Waals surface area contributed by atoms with Crippen LogP contribution in [-0.2, 0) is 22.7 Å². The first-order valence-electron chi connectivity index (χ1n) is 9.11. The van der Waals surface area contributed by atoms with E-state index in [4.69, 9.17) is 0 Å². The molecule has 1 aromatic carbocycles. The van der Waals surface area contributed by atoms with Gasteiger partial charge in [0.2, 0.25) is 11.8 Å². The highest BCUT2D eigenvalue weighted by Gasteiger charge is 2.30. The minimum atomic E-state index is 0.0454. The van der Waals surface area contributed by atoms with Crippen LogP contribution in [0, 0.1) is 0 Å². The molecule has 1 unspecified atom stereocenters. The van der Waals surface area contributed by atoms with Crippen LogP contribution in [0.2, 0.25) is 0 Å². The van der Waals surface area contributed by atoms with E-state index >= 15 is 0 Å². The topological polar surface area (TPSA) is 71.3 Å². The summed E-state index contributed by atoms with van der Waals surface area (Å²) < 4.78 is 1.79. The van der Waals surface area contributed by atoms with Crippen LogP contribution in [-0.4, -0.2) is 55.5 Å². The smallest absolute Gasteiger partial charge is 0.224 e. The van der Waals surface area contributed by atoms with Crippen molar-refractivity contribution in [3.05, 3.63) is 48.5 Å². The molecule has 2 amide bonds. The molecule has 1 aliphatic rings. The molecule has 0 spiro atoms. The minimum absolute atomic E-state index is 0.0454. The molecular formula is C19H25N5O2. The first-order valence-corrected chi connectivity index (χ1v) is 9.11. The molecule has 0 saturated carbocycles. The highest BCUT2D eigenvalue weighted by atomic mass is 16.2. The molecule has 0 aliphatic carbocycles. The molecule has 3 rings (SSSR count). The van der Waals surface area contributed by atoms with Gasteiger partial charge in [0, 0.05) is 45.1 Å². The Morgan fingerprint density at radius 2 is 1.92 bits per heavy atom. The van der Waals surface area contributed by atoms with Gasteiger partial charge < -0.3 is 14.4 Å². The number of benzene rings is 1. The third-order valence-corrected chi connectivity index (χ3v) is 4.86. The van der Waals surface area contributed by atoms with Gasteiger partial charge in [-0.1, -0.05) is 37.3 Å². The Bertz CT molecular complexity index is 717. The summed E-state index contributed by atoms with van der Waals surface area (Å²) in [5, 5.41) is 7.50. The van der Waals surface area contributed by atoms with Crippen LogP contribution < -0.4 is 0 Å². The fourth-order valence-corrected chi connectivity index (χ4v) is 3.32. The molecule has 7 nitrogen and oxygen atoms in total. The molecule has 7 heteroatoms. The minimum Gasteiger partial charge on any atom is -0.340 e. The second kappa shape index (κ2) is 8.60. The molecule has 0 N–H and O–H groups in total. The third-order valence-electron chi connectivity index (χ3n) is 4.86. The van der Waals surface area contributed by atoms with Crippen molar-refractivity contribution in [2.75, 3.05) is 13.1 Å². The van der Waals surface area contributed by atoms with E-state index in [2.05, 4.69) is 17.1 Å². The number of carbonyl (C=O) groups excluding carboxylic acids is 2. The van der Waals surface area contributed by atoms with Gasteiger partial charge in [-0.15, -0.1) is 10.2 Å². The van der Waals surface area contributed by atoms with Crippen molar-refractivity contribution < 1.29 is 9.59 Å². The molecule has 2 aromatic rings. The van der Waals surface area contributed by atoms with Crippen molar-refractivity contribution in [1.29, 1.82) is 0 Å². The number of rotatable bonds is 6. The van der Waals surface area contributed by atoms with Crippen molar-refractivity contribution in [2.45, 2.75) is 45.3 Å². The lowest BCUT2D eigenvalue weighted by Crippen LogP contribution is -2.43. The predicted molar refractivity (Wildman–Crippen MR) is 96.9 cm³/mol. The number of nitrogens with zero attached hydrogens (tertiary/aromatic N) is 5. The SMILES string of the molecule is CCC1CN(C(=O)CCn2cnnc2)CCC(=O)N1Cc1ccccc1. The predicted octanol–water partition coefficient (Wildman–Crippen LogP) is 1.71. The fourth-order valence-electron chi connectivity index (χ4n) is 3.32. The molecular weight excluding hydrogens is 330 g/mol. The van der Waals surface area contributed by atoms with E-state index in [9.17, 15) is 9.59 Å². The summed E-state index contributed by atoms with van der Waals surface area (Å²) in [4.78, 5) is 29.1. The first kappa shape index (κ1) is 18.1. The monoisotopic (exact) mass is 355 g/mol. The zero-order chi connectivity index (χ0) is 18.4. The Kier molecular flexibility index (Phi) is 5.99. The van der Waals surface area contributed by atoms with Gasteiger partial charge in [-0.25, -0.2) is 0 Å². The summed E-state index contributed by atoms with van der Waals surface area (Å²) in [5.41, 5.74) is 1.12. The maximum Gasteiger partial charge on any atom is 0.224 e. The van der Waals surface area contributed by atoms with Crippen LogP contribution in [0.1, 0.15) is 31.7 Å². The van der Waals surface area contributed by atoms with Crippen LogP contribution >= 0.6 is 0 Å². The standard InChI is InChI=1S/C19H25N5O2/c1-2-17-13-23(18(25)8-10-22-14-20-21-15-22)11-9-19(26)24(17)12-16-6-4-3-5-7-16/h3-7,14-15,17H,2,8-13H2,1H3. The zero-order valence-electron chi connectivity index (χ0n) is 15.1. The number of aryl methyl sites for hydroxylation is 1.